The Bertz CT molecular complexity index is 493. The summed E-state index contributed by atoms with van der Waals surface area (Å²) < 4.78 is 5.13. The Morgan fingerprint density at radius 1 is 1.28 bits per heavy atom. The molecule has 0 aliphatic heterocycles. The van der Waals surface area contributed by atoms with Crippen molar-refractivity contribution < 1.29 is 4.74 Å². The second kappa shape index (κ2) is 6.33. The largest absolute Gasteiger partial charge is 0.380 e. The molecule has 0 aliphatic rings. The van der Waals surface area contributed by atoms with Gasteiger partial charge in [0.1, 0.15) is 0 Å². The lowest BCUT2D eigenvalue weighted by atomic mass is 10.1. The fraction of sp³-hybridized carbons (Fsp3) is 0.357. The van der Waals surface area contributed by atoms with Crippen molar-refractivity contribution in [1.29, 1.82) is 0 Å². The Balaban J connectivity index is 1.86. The molecule has 0 aliphatic carbocycles. The van der Waals surface area contributed by atoms with Gasteiger partial charge in [-0.1, -0.05) is 24.3 Å². The number of nitrogens with zero attached hydrogens (tertiary/aromatic N) is 1. The van der Waals surface area contributed by atoms with E-state index in [4.69, 9.17) is 4.74 Å². The third-order valence-corrected chi connectivity index (χ3v) is 2.86. The quantitative estimate of drug-likeness (QED) is 0.820. The Hall–Kier alpha value is -1.65. The van der Waals surface area contributed by atoms with E-state index in [1.165, 1.54) is 11.1 Å². The predicted octanol–water partition coefficient (Wildman–Crippen LogP) is 2.15. The van der Waals surface area contributed by atoms with Gasteiger partial charge in [-0.25, -0.2) is 4.98 Å². The van der Waals surface area contributed by atoms with Crippen LogP contribution in [-0.2, 0) is 24.4 Å². The monoisotopic (exact) mass is 245 g/mol. The van der Waals surface area contributed by atoms with E-state index in [1.54, 1.807) is 13.4 Å². The molecule has 1 heterocycles. The highest BCUT2D eigenvalue weighted by atomic mass is 16.5. The number of nitrogens with one attached hydrogen (secondary N) is 2. The van der Waals surface area contributed by atoms with E-state index in [0.717, 1.165) is 24.5 Å². The summed E-state index contributed by atoms with van der Waals surface area (Å²) in [7, 11) is 1.71. The summed E-state index contributed by atoms with van der Waals surface area (Å²) in [5.74, 6) is 0. The molecule has 0 unspecified atom stereocenters. The molecule has 2 aromatic rings. The van der Waals surface area contributed by atoms with Gasteiger partial charge in [0.15, 0.2) is 0 Å². The zero-order chi connectivity index (χ0) is 12.8. The molecule has 4 nitrogen and oxygen atoms in total. The first-order valence-electron chi connectivity index (χ1n) is 6.06. The first kappa shape index (κ1) is 12.8. The molecular formula is C14H19N3O. The molecule has 0 spiro atoms. The van der Waals surface area contributed by atoms with Crippen LogP contribution in [0.25, 0.3) is 0 Å². The summed E-state index contributed by atoms with van der Waals surface area (Å²) in [6.45, 7) is 4.31. The number of hydrogen-bond donors (Lipinski definition) is 2. The van der Waals surface area contributed by atoms with E-state index in [-0.39, 0.29) is 0 Å². The Labute approximate surface area is 107 Å². The molecule has 1 aromatic heterocycles. The lowest BCUT2D eigenvalue weighted by Crippen LogP contribution is -2.13. The smallest absolute Gasteiger partial charge is 0.0925 e. The lowest BCUT2D eigenvalue weighted by Gasteiger charge is -2.06. The Morgan fingerprint density at radius 3 is 2.83 bits per heavy atom. The van der Waals surface area contributed by atoms with Crippen molar-refractivity contribution in [2.75, 3.05) is 7.11 Å². The third-order valence-electron chi connectivity index (χ3n) is 2.86. The van der Waals surface area contributed by atoms with Gasteiger partial charge in [0.25, 0.3) is 0 Å². The van der Waals surface area contributed by atoms with E-state index in [0.29, 0.717) is 6.61 Å². The SMILES string of the molecule is COCc1cccc(CNCc2nc[nH]c2C)c1. The molecule has 0 radical (unpaired) electrons. The molecule has 0 amide bonds. The van der Waals surface area contributed by atoms with Gasteiger partial charge in [-0.3, -0.25) is 0 Å². The average Bonchev–Trinajstić information content (AvgIpc) is 2.76. The number of ether oxygens (including phenoxy) is 1. The number of H-pyrrole nitrogens is 1. The average molecular weight is 245 g/mol. The minimum absolute atomic E-state index is 0.659. The van der Waals surface area contributed by atoms with E-state index >= 15 is 0 Å². The van der Waals surface area contributed by atoms with Gasteiger partial charge >= 0.3 is 0 Å². The number of aryl methyl sites for hydroxylation is 1. The molecule has 0 saturated heterocycles. The second-order valence-corrected chi connectivity index (χ2v) is 4.33. The highest BCUT2D eigenvalue weighted by molar-refractivity contribution is 5.23. The van der Waals surface area contributed by atoms with Crippen molar-refractivity contribution in [3.63, 3.8) is 0 Å². The number of aromatic amines is 1. The molecule has 0 atom stereocenters. The third kappa shape index (κ3) is 3.42. The number of benzene rings is 1. The molecule has 0 fully saturated rings. The topological polar surface area (TPSA) is 49.9 Å². The van der Waals surface area contributed by atoms with Gasteiger partial charge in [-0.2, -0.15) is 0 Å². The van der Waals surface area contributed by atoms with Crippen LogP contribution in [-0.4, -0.2) is 17.1 Å². The Morgan fingerprint density at radius 2 is 2.11 bits per heavy atom. The van der Waals surface area contributed by atoms with Gasteiger partial charge in [0.05, 0.1) is 18.6 Å². The summed E-state index contributed by atoms with van der Waals surface area (Å²) in [5.41, 5.74) is 4.66. The van der Waals surface area contributed by atoms with E-state index in [9.17, 15) is 0 Å². The standard InChI is InChI=1S/C14H19N3O/c1-11-14(17-10-16-11)8-15-7-12-4-3-5-13(6-12)9-18-2/h3-6,10,15H,7-9H2,1-2H3,(H,16,17). The van der Waals surface area contributed by atoms with Crippen LogP contribution in [0.5, 0.6) is 0 Å². The van der Waals surface area contributed by atoms with Crippen LogP contribution < -0.4 is 5.32 Å². The summed E-state index contributed by atoms with van der Waals surface area (Å²) in [4.78, 5) is 7.33. The molecule has 96 valence electrons. The van der Waals surface area contributed by atoms with Crippen LogP contribution in [0.3, 0.4) is 0 Å². The van der Waals surface area contributed by atoms with Crippen molar-refractivity contribution in [1.82, 2.24) is 15.3 Å². The number of imidazole rings is 1. The molecule has 0 bridgehead atoms. The number of aromatic nitrogens is 2. The van der Waals surface area contributed by atoms with Crippen LogP contribution in [0.15, 0.2) is 30.6 Å². The van der Waals surface area contributed by atoms with Crippen molar-refractivity contribution >= 4 is 0 Å². The summed E-state index contributed by atoms with van der Waals surface area (Å²) in [5, 5.41) is 3.39. The zero-order valence-corrected chi connectivity index (χ0v) is 10.9. The summed E-state index contributed by atoms with van der Waals surface area (Å²) in [6, 6.07) is 8.41. The van der Waals surface area contributed by atoms with Gasteiger partial charge < -0.3 is 15.0 Å². The van der Waals surface area contributed by atoms with E-state index in [2.05, 4.69) is 39.6 Å². The van der Waals surface area contributed by atoms with Crippen LogP contribution in [0, 0.1) is 6.92 Å². The molecular weight excluding hydrogens is 226 g/mol. The number of methoxy groups -OCH3 is 1. The normalized spacial score (nSPS) is 10.8. The minimum Gasteiger partial charge on any atom is -0.380 e. The first-order valence-corrected chi connectivity index (χ1v) is 6.06. The lowest BCUT2D eigenvalue weighted by molar-refractivity contribution is 0.185. The second-order valence-electron chi connectivity index (χ2n) is 4.33. The van der Waals surface area contributed by atoms with E-state index < -0.39 is 0 Å². The van der Waals surface area contributed by atoms with Gasteiger partial charge in [0, 0.05) is 25.9 Å². The maximum Gasteiger partial charge on any atom is 0.0925 e. The van der Waals surface area contributed by atoms with Gasteiger partial charge in [-0.15, -0.1) is 0 Å². The Kier molecular flexibility index (Phi) is 4.50. The molecule has 18 heavy (non-hydrogen) atoms. The fourth-order valence-electron chi connectivity index (χ4n) is 1.89. The fourth-order valence-corrected chi connectivity index (χ4v) is 1.89. The van der Waals surface area contributed by atoms with Crippen molar-refractivity contribution in [3.8, 4) is 0 Å². The van der Waals surface area contributed by atoms with Gasteiger partial charge in [-0.05, 0) is 18.1 Å². The molecule has 4 heteroatoms. The number of rotatable bonds is 6. The van der Waals surface area contributed by atoms with Crippen LogP contribution >= 0.6 is 0 Å². The number of hydrogen-bond acceptors (Lipinski definition) is 3. The van der Waals surface area contributed by atoms with Gasteiger partial charge in [0.2, 0.25) is 0 Å². The summed E-state index contributed by atoms with van der Waals surface area (Å²) in [6.07, 6.45) is 1.73. The van der Waals surface area contributed by atoms with Crippen molar-refractivity contribution in [2.24, 2.45) is 0 Å². The molecule has 2 N–H and O–H groups in total. The van der Waals surface area contributed by atoms with Crippen molar-refractivity contribution in [3.05, 3.63) is 53.1 Å². The minimum atomic E-state index is 0.659. The van der Waals surface area contributed by atoms with Crippen LogP contribution in [0.1, 0.15) is 22.5 Å². The molecule has 2 rings (SSSR count). The van der Waals surface area contributed by atoms with Crippen LogP contribution in [0.2, 0.25) is 0 Å². The van der Waals surface area contributed by atoms with Crippen molar-refractivity contribution in [2.45, 2.75) is 26.6 Å². The predicted molar refractivity (Wildman–Crippen MR) is 71.0 cm³/mol. The molecule has 0 saturated carbocycles. The van der Waals surface area contributed by atoms with Crippen LogP contribution in [0.4, 0.5) is 0 Å². The molecule has 1 aromatic carbocycles. The highest BCUT2D eigenvalue weighted by Crippen LogP contribution is 2.07. The highest BCUT2D eigenvalue weighted by Gasteiger charge is 2.00. The zero-order valence-electron chi connectivity index (χ0n) is 10.9. The maximum absolute atomic E-state index is 5.13. The van der Waals surface area contributed by atoms with E-state index in [1.807, 2.05) is 6.92 Å². The summed E-state index contributed by atoms with van der Waals surface area (Å²) >= 11 is 0. The first-order chi connectivity index (χ1) is 8.79. The maximum atomic E-state index is 5.13.